The van der Waals surface area contributed by atoms with Gasteiger partial charge in [-0.1, -0.05) is 54.4 Å². The molecule has 1 aliphatic rings. The van der Waals surface area contributed by atoms with E-state index in [0.717, 1.165) is 0 Å². The molecule has 0 saturated carbocycles. The summed E-state index contributed by atoms with van der Waals surface area (Å²) in [6, 6.07) is 0. The van der Waals surface area contributed by atoms with Gasteiger partial charge in [0, 0.05) is 0 Å². The molecule has 0 amide bonds. The third-order valence-corrected chi connectivity index (χ3v) is 4.36. The summed E-state index contributed by atoms with van der Waals surface area (Å²) in [5, 5.41) is 13.2. The van der Waals surface area contributed by atoms with Gasteiger partial charge in [-0.3, -0.25) is 4.79 Å². The zero-order valence-electron chi connectivity index (χ0n) is 10.6. The van der Waals surface area contributed by atoms with Crippen molar-refractivity contribution in [3.05, 3.63) is 11.5 Å². The molecular formula is C12H23NO2S2. The highest BCUT2D eigenvalue weighted by molar-refractivity contribution is 8.78. The Morgan fingerprint density at radius 3 is 2.18 bits per heavy atom. The predicted octanol–water partition coefficient (Wildman–Crippen LogP) is 3.52. The number of hydrogen-bond donors (Lipinski definition) is 2. The molecule has 1 unspecified atom stereocenters. The first kappa shape index (κ1) is 16.9. The number of rotatable bonds is 7. The third kappa shape index (κ3) is 10.7. The van der Waals surface area contributed by atoms with Crippen LogP contribution < -0.4 is 5.32 Å². The molecule has 0 aromatic heterocycles. The lowest BCUT2D eigenvalue weighted by molar-refractivity contribution is -0.135. The number of carboxylic acid groups (broad SMARTS) is 1. The van der Waals surface area contributed by atoms with Crippen LogP contribution in [0.4, 0.5) is 0 Å². The number of carbonyl (C=O) groups is 1. The molecule has 0 spiro atoms. The van der Waals surface area contributed by atoms with Crippen LogP contribution in [0.2, 0.25) is 0 Å². The van der Waals surface area contributed by atoms with E-state index in [-0.39, 0.29) is 5.25 Å². The minimum atomic E-state index is -0.753. The smallest absolute Gasteiger partial charge is 0.321 e. The van der Waals surface area contributed by atoms with Gasteiger partial charge in [-0.05, 0) is 31.3 Å². The van der Waals surface area contributed by atoms with Crippen molar-refractivity contribution in [1.82, 2.24) is 5.32 Å². The predicted molar refractivity (Wildman–Crippen MR) is 78.4 cm³/mol. The van der Waals surface area contributed by atoms with Gasteiger partial charge >= 0.3 is 5.97 Å². The van der Waals surface area contributed by atoms with Crippen molar-refractivity contribution in [3.63, 3.8) is 0 Å². The summed E-state index contributed by atoms with van der Waals surface area (Å²) in [4.78, 5) is 10.1. The highest BCUT2D eigenvalue weighted by atomic mass is 33.1. The second-order valence-electron chi connectivity index (χ2n) is 3.74. The van der Waals surface area contributed by atoms with Gasteiger partial charge in [0.25, 0.3) is 0 Å². The van der Waals surface area contributed by atoms with Crippen molar-refractivity contribution in [2.24, 2.45) is 0 Å². The average Bonchev–Trinajstić information content (AvgIpc) is 2.83. The van der Waals surface area contributed by atoms with Crippen LogP contribution in [0.25, 0.3) is 0 Å². The van der Waals surface area contributed by atoms with Gasteiger partial charge < -0.3 is 10.4 Å². The quantitative estimate of drug-likeness (QED) is 0.551. The van der Waals surface area contributed by atoms with E-state index < -0.39 is 5.97 Å². The molecule has 1 aliphatic heterocycles. The third-order valence-electron chi connectivity index (χ3n) is 2.13. The molecular weight excluding hydrogens is 254 g/mol. The summed E-state index contributed by atoms with van der Waals surface area (Å²) in [5.74, 6) is -0.753. The Morgan fingerprint density at radius 2 is 1.88 bits per heavy atom. The number of aliphatic carboxylic acids is 1. The first-order valence-electron chi connectivity index (χ1n) is 6.14. The van der Waals surface area contributed by atoms with E-state index in [1.54, 1.807) is 11.5 Å². The Kier molecular flexibility index (Phi) is 12.2. The minimum absolute atomic E-state index is 0.319. The van der Waals surface area contributed by atoms with Gasteiger partial charge in [0.2, 0.25) is 0 Å². The molecule has 0 aromatic carbocycles. The summed E-state index contributed by atoms with van der Waals surface area (Å²) in [6.45, 7) is 6.86. The highest BCUT2D eigenvalue weighted by Crippen LogP contribution is 2.35. The van der Waals surface area contributed by atoms with Crippen molar-refractivity contribution in [1.29, 1.82) is 0 Å². The number of carboxylic acids is 1. The molecule has 5 heteroatoms. The van der Waals surface area contributed by atoms with Gasteiger partial charge in [0.15, 0.2) is 0 Å². The van der Waals surface area contributed by atoms with Crippen LogP contribution in [0, 0.1) is 0 Å². The number of unbranched alkanes of at least 4 members (excludes halogenated alkanes) is 2. The lowest BCUT2D eigenvalue weighted by atomic mass is 10.3. The second kappa shape index (κ2) is 12.3. The molecule has 100 valence electrons. The summed E-state index contributed by atoms with van der Waals surface area (Å²) < 4.78 is 0. The number of hydrogen-bond acceptors (Lipinski definition) is 4. The maximum absolute atomic E-state index is 10.1. The zero-order valence-corrected chi connectivity index (χ0v) is 12.3. The highest BCUT2D eigenvalue weighted by Gasteiger charge is 2.17. The van der Waals surface area contributed by atoms with Gasteiger partial charge in [-0.2, -0.15) is 0 Å². The fourth-order valence-electron chi connectivity index (χ4n) is 1.08. The normalized spacial score (nSPS) is 17.6. The van der Waals surface area contributed by atoms with E-state index in [4.69, 9.17) is 5.11 Å². The Labute approximate surface area is 112 Å². The minimum Gasteiger partial charge on any atom is -0.480 e. The molecule has 1 heterocycles. The van der Waals surface area contributed by atoms with Crippen LogP contribution in [-0.2, 0) is 4.79 Å². The average molecular weight is 277 g/mol. The fraction of sp³-hybridized carbons (Fsp3) is 0.750. The van der Waals surface area contributed by atoms with Crippen LogP contribution in [0.15, 0.2) is 11.5 Å². The maximum Gasteiger partial charge on any atom is 0.321 e. The first-order valence-corrected chi connectivity index (χ1v) is 8.42. The first-order chi connectivity index (χ1) is 8.22. The van der Waals surface area contributed by atoms with Crippen molar-refractivity contribution in [2.75, 3.05) is 13.1 Å². The van der Waals surface area contributed by atoms with Crippen LogP contribution in [-0.4, -0.2) is 29.4 Å². The van der Waals surface area contributed by atoms with E-state index in [2.05, 4.69) is 19.2 Å². The molecule has 0 saturated heterocycles. The SMILES string of the molecule is CCCCNCCCC.O=C(O)C1C=CSS1. The Hall–Kier alpha value is -0.130. The van der Waals surface area contributed by atoms with E-state index in [9.17, 15) is 4.79 Å². The lowest BCUT2D eigenvalue weighted by Crippen LogP contribution is -2.15. The largest absolute Gasteiger partial charge is 0.480 e. The molecule has 0 radical (unpaired) electrons. The standard InChI is InChI=1S/C8H19N.C4H4O2S2/c1-3-5-7-9-8-6-4-2;5-4(6)3-1-2-7-8-3/h9H,3-8H2,1-2H3;1-3H,(H,5,6). The topological polar surface area (TPSA) is 49.3 Å². The van der Waals surface area contributed by atoms with E-state index in [1.165, 1.54) is 60.4 Å². The van der Waals surface area contributed by atoms with Gasteiger partial charge in [-0.25, -0.2) is 0 Å². The maximum atomic E-state index is 10.1. The Balaban J connectivity index is 0.000000302. The second-order valence-corrected chi connectivity index (χ2v) is 6.06. The van der Waals surface area contributed by atoms with Crippen LogP contribution >= 0.6 is 21.6 Å². The van der Waals surface area contributed by atoms with E-state index in [0.29, 0.717) is 0 Å². The molecule has 1 rings (SSSR count). The van der Waals surface area contributed by atoms with Crippen molar-refractivity contribution in [2.45, 2.75) is 44.8 Å². The molecule has 0 aliphatic carbocycles. The molecule has 0 aromatic rings. The van der Waals surface area contributed by atoms with E-state index >= 15 is 0 Å². The van der Waals surface area contributed by atoms with Gasteiger partial charge in [0.1, 0.15) is 5.25 Å². The van der Waals surface area contributed by atoms with E-state index in [1.807, 2.05) is 0 Å². The van der Waals surface area contributed by atoms with Crippen LogP contribution in [0.5, 0.6) is 0 Å². The van der Waals surface area contributed by atoms with Gasteiger partial charge in [0.05, 0.1) is 0 Å². The number of nitrogens with one attached hydrogen (secondary N) is 1. The summed E-state index contributed by atoms with van der Waals surface area (Å²) in [5.41, 5.74) is 0. The molecule has 0 fully saturated rings. The van der Waals surface area contributed by atoms with Crippen molar-refractivity contribution >= 4 is 27.6 Å². The van der Waals surface area contributed by atoms with Gasteiger partial charge in [-0.15, -0.1) is 0 Å². The van der Waals surface area contributed by atoms with Crippen molar-refractivity contribution < 1.29 is 9.90 Å². The van der Waals surface area contributed by atoms with Crippen molar-refractivity contribution in [3.8, 4) is 0 Å². The summed E-state index contributed by atoms with van der Waals surface area (Å²) in [6.07, 6.45) is 6.93. The molecule has 3 nitrogen and oxygen atoms in total. The Morgan fingerprint density at radius 1 is 1.29 bits per heavy atom. The van der Waals surface area contributed by atoms with Crippen LogP contribution in [0.3, 0.4) is 0 Å². The Bertz CT molecular complexity index is 217. The lowest BCUT2D eigenvalue weighted by Gasteiger charge is -1.99. The summed E-state index contributed by atoms with van der Waals surface area (Å²) in [7, 11) is 2.82. The molecule has 2 N–H and O–H groups in total. The molecule has 0 bridgehead atoms. The van der Waals surface area contributed by atoms with Crippen LogP contribution in [0.1, 0.15) is 39.5 Å². The zero-order chi connectivity index (χ0) is 12.9. The monoisotopic (exact) mass is 277 g/mol. The summed E-state index contributed by atoms with van der Waals surface area (Å²) >= 11 is 0. The fourth-order valence-corrected chi connectivity index (χ4v) is 2.99. The molecule has 17 heavy (non-hydrogen) atoms. The molecule has 1 atom stereocenters.